The number of rotatable bonds is 2. The van der Waals surface area contributed by atoms with Gasteiger partial charge in [-0.15, -0.1) is 0 Å². The van der Waals surface area contributed by atoms with Crippen LogP contribution in [0.25, 0.3) is 0 Å². The molecule has 0 spiro atoms. The van der Waals surface area contributed by atoms with Crippen molar-refractivity contribution in [2.24, 2.45) is 5.73 Å². The van der Waals surface area contributed by atoms with Gasteiger partial charge in [0.2, 0.25) is 10.0 Å². The largest absolute Gasteiger partial charge is 0.416 e. The van der Waals surface area contributed by atoms with Crippen molar-refractivity contribution in [1.82, 2.24) is 4.31 Å². The second-order valence-electron chi connectivity index (χ2n) is 4.77. The number of halogens is 3. The predicted molar refractivity (Wildman–Crippen MR) is 67.4 cm³/mol. The van der Waals surface area contributed by atoms with E-state index in [0.717, 1.165) is 12.1 Å². The SMILES string of the molecule is NC1CCN(S(=O)(=O)c2cccc(C(F)(F)F)c2)CC1. The summed E-state index contributed by atoms with van der Waals surface area (Å²) >= 11 is 0. The highest BCUT2D eigenvalue weighted by atomic mass is 32.2. The fourth-order valence-corrected chi connectivity index (χ4v) is 3.61. The molecule has 2 N–H and O–H groups in total. The summed E-state index contributed by atoms with van der Waals surface area (Å²) in [7, 11) is -3.89. The molecule has 0 saturated carbocycles. The van der Waals surface area contributed by atoms with Crippen molar-refractivity contribution >= 4 is 10.0 Å². The van der Waals surface area contributed by atoms with Gasteiger partial charge in [0.15, 0.2) is 0 Å². The first kappa shape index (κ1) is 15.3. The molecule has 0 atom stereocenters. The molecule has 1 aliphatic heterocycles. The molecule has 112 valence electrons. The molecule has 0 aromatic heterocycles. The second kappa shape index (κ2) is 5.34. The zero-order valence-corrected chi connectivity index (χ0v) is 11.4. The molecule has 0 radical (unpaired) electrons. The first-order chi connectivity index (χ1) is 9.21. The Labute approximate surface area is 115 Å². The molecule has 1 heterocycles. The maximum absolute atomic E-state index is 12.6. The summed E-state index contributed by atoms with van der Waals surface area (Å²) in [6.45, 7) is 0.472. The molecule has 0 amide bonds. The zero-order valence-electron chi connectivity index (χ0n) is 10.6. The summed E-state index contributed by atoms with van der Waals surface area (Å²) in [5.41, 5.74) is 4.72. The average molecular weight is 308 g/mol. The second-order valence-corrected chi connectivity index (χ2v) is 6.71. The summed E-state index contributed by atoms with van der Waals surface area (Å²) in [4.78, 5) is -0.331. The topological polar surface area (TPSA) is 63.4 Å². The molecule has 0 unspecified atom stereocenters. The van der Waals surface area contributed by atoms with Crippen molar-refractivity contribution in [1.29, 1.82) is 0 Å². The fourth-order valence-electron chi connectivity index (χ4n) is 2.10. The smallest absolute Gasteiger partial charge is 0.328 e. The Morgan fingerprint density at radius 1 is 1.20 bits per heavy atom. The zero-order chi connectivity index (χ0) is 15.0. The van der Waals surface area contributed by atoms with E-state index in [9.17, 15) is 21.6 Å². The standard InChI is InChI=1S/C12H15F3N2O2S/c13-12(14,15)9-2-1-3-11(8-9)20(18,19)17-6-4-10(16)5-7-17/h1-3,8,10H,4-7,16H2. The molecule has 0 aliphatic carbocycles. The number of hydrogen-bond donors (Lipinski definition) is 1. The average Bonchev–Trinajstić information content (AvgIpc) is 2.38. The van der Waals surface area contributed by atoms with Crippen LogP contribution in [0.3, 0.4) is 0 Å². The highest BCUT2D eigenvalue weighted by molar-refractivity contribution is 7.89. The van der Waals surface area contributed by atoms with Gasteiger partial charge in [-0.3, -0.25) is 0 Å². The van der Waals surface area contributed by atoms with Gasteiger partial charge in [-0.1, -0.05) is 6.07 Å². The van der Waals surface area contributed by atoms with Gasteiger partial charge in [0.25, 0.3) is 0 Å². The maximum Gasteiger partial charge on any atom is 0.416 e. The monoisotopic (exact) mass is 308 g/mol. The number of hydrogen-bond acceptors (Lipinski definition) is 3. The highest BCUT2D eigenvalue weighted by Crippen LogP contribution is 2.31. The number of piperidine rings is 1. The van der Waals surface area contributed by atoms with E-state index >= 15 is 0 Å². The molecule has 1 aliphatic rings. The van der Waals surface area contributed by atoms with Crippen LogP contribution in [0, 0.1) is 0 Å². The Balaban J connectivity index is 2.30. The minimum atomic E-state index is -4.56. The summed E-state index contributed by atoms with van der Waals surface area (Å²) in [6.07, 6.45) is -3.54. The fraction of sp³-hybridized carbons (Fsp3) is 0.500. The first-order valence-electron chi connectivity index (χ1n) is 6.14. The van der Waals surface area contributed by atoms with Crippen molar-refractivity contribution in [3.63, 3.8) is 0 Å². The molecule has 0 bridgehead atoms. The Kier molecular flexibility index (Phi) is 4.08. The summed E-state index contributed by atoms with van der Waals surface area (Å²) in [5, 5.41) is 0. The van der Waals surface area contributed by atoms with E-state index in [1.54, 1.807) is 0 Å². The lowest BCUT2D eigenvalue weighted by atomic mass is 10.1. The lowest BCUT2D eigenvalue weighted by Crippen LogP contribution is -2.42. The molecular weight excluding hydrogens is 293 g/mol. The van der Waals surface area contributed by atoms with Crippen LogP contribution < -0.4 is 5.73 Å². The number of nitrogens with zero attached hydrogens (tertiary/aromatic N) is 1. The van der Waals surface area contributed by atoms with E-state index in [2.05, 4.69) is 0 Å². The minimum absolute atomic E-state index is 0.0528. The Morgan fingerprint density at radius 2 is 1.80 bits per heavy atom. The quantitative estimate of drug-likeness (QED) is 0.906. The normalized spacial score (nSPS) is 19.2. The lowest BCUT2D eigenvalue weighted by molar-refractivity contribution is -0.137. The highest BCUT2D eigenvalue weighted by Gasteiger charge is 2.33. The first-order valence-corrected chi connectivity index (χ1v) is 7.58. The van der Waals surface area contributed by atoms with E-state index in [1.165, 1.54) is 10.4 Å². The maximum atomic E-state index is 12.6. The Morgan fingerprint density at radius 3 is 2.35 bits per heavy atom. The summed E-state index contributed by atoms with van der Waals surface area (Å²) in [6, 6.07) is 3.75. The number of sulfonamides is 1. The lowest BCUT2D eigenvalue weighted by Gasteiger charge is -2.29. The van der Waals surface area contributed by atoms with E-state index in [1.807, 2.05) is 0 Å². The van der Waals surface area contributed by atoms with E-state index in [4.69, 9.17) is 5.73 Å². The summed E-state index contributed by atoms with van der Waals surface area (Å²) < 4.78 is 63.6. The van der Waals surface area contributed by atoms with Crippen LogP contribution in [0.1, 0.15) is 18.4 Å². The van der Waals surface area contributed by atoms with E-state index < -0.39 is 21.8 Å². The van der Waals surface area contributed by atoms with Crippen LogP contribution in [-0.4, -0.2) is 31.9 Å². The van der Waals surface area contributed by atoms with Crippen LogP contribution in [0.2, 0.25) is 0 Å². The van der Waals surface area contributed by atoms with Crippen LogP contribution >= 0.6 is 0 Å². The van der Waals surface area contributed by atoms with Crippen molar-refractivity contribution < 1.29 is 21.6 Å². The molecule has 1 saturated heterocycles. The van der Waals surface area contributed by atoms with Gasteiger partial charge >= 0.3 is 6.18 Å². The Hall–Kier alpha value is -1.12. The van der Waals surface area contributed by atoms with E-state index in [-0.39, 0.29) is 24.0 Å². The molecular formula is C12H15F3N2O2S. The van der Waals surface area contributed by atoms with Crippen LogP contribution in [-0.2, 0) is 16.2 Å². The third kappa shape index (κ3) is 3.13. The molecule has 2 rings (SSSR count). The summed E-state index contributed by atoms with van der Waals surface area (Å²) in [5.74, 6) is 0. The molecule has 8 heteroatoms. The van der Waals surface area contributed by atoms with Crippen molar-refractivity contribution in [2.45, 2.75) is 30.0 Å². The molecule has 1 aromatic rings. The van der Waals surface area contributed by atoms with Gasteiger partial charge in [0.1, 0.15) is 0 Å². The van der Waals surface area contributed by atoms with Gasteiger partial charge in [-0.2, -0.15) is 17.5 Å². The molecule has 4 nitrogen and oxygen atoms in total. The molecule has 20 heavy (non-hydrogen) atoms. The van der Waals surface area contributed by atoms with Crippen LogP contribution in [0.5, 0.6) is 0 Å². The van der Waals surface area contributed by atoms with Gasteiger partial charge in [0.05, 0.1) is 10.5 Å². The number of alkyl halides is 3. The van der Waals surface area contributed by atoms with Crippen molar-refractivity contribution in [3.05, 3.63) is 29.8 Å². The van der Waals surface area contributed by atoms with E-state index in [0.29, 0.717) is 18.9 Å². The number of nitrogens with two attached hydrogens (primary N) is 1. The van der Waals surface area contributed by atoms with Crippen LogP contribution in [0.4, 0.5) is 13.2 Å². The third-order valence-electron chi connectivity index (χ3n) is 3.30. The van der Waals surface area contributed by atoms with Crippen molar-refractivity contribution in [3.8, 4) is 0 Å². The third-order valence-corrected chi connectivity index (χ3v) is 5.19. The molecule has 1 fully saturated rings. The predicted octanol–water partition coefficient (Wildman–Crippen LogP) is 1.82. The van der Waals surface area contributed by atoms with Crippen LogP contribution in [0.15, 0.2) is 29.2 Å². The van der Waals surface area contributed by atoms with Gasteiger partial charge < -0.3 is 5.73 Å². The molecule has 1 aromatic carbocycles. The Bertz CT molecular complexity index is 579. The minimum Gasteiger partial charge on any atom is -0.328 e. The van der Waals surface area contributed by atoms with Gasteiger partial charge in [-0.05, 0) is 31.0 Å². The van der Waals surface area contributed by atoms with Gasteiger partial charge in [-0.25, -0.2) is 8.42 Å². The number of benzene rings is 1. The van der Waals surface area contributed by atoms with Crippen molar-refractivity contribution in [2.75, 3.05) is 13.1 Å². The van der Waals surface area contributed by atoms with Gasteiger partial charge in [0, 0.05) is 19.1 Å².